The van der Waals surface area contributed by atoms with Crippen molar-refractivity contribution in [2.24, 2.45) is 0 Å². The van der Waals surface area contributed by atoms with E-state index in [0.717, 1.165) is 30.0 Å². The summed E-state index contributed by atoms with van der Waals surface area (Å²) in [5.41, 5.74) is 0.0949. The van der Waals surface area contributed by atoms with Gasteiger partial charge in [0.1, 0.15) is 22.6 Å². The van der Waals surface area contributed by atoms with E-state index in [4.69, 9.17) is 4.42 Å². The zero-order chi connectivity index (χ0) is 26.1. The van der Waals surface area contributed by atoms with Gasteiger partial charge < -0.3 is 9.52 Å². The number of hydrogen-bond acceptors (Lipinski definition) is 8. The van der Waals surface area contributed by atoms with E-state index in [1.54, 1.807) is 31.2 Å². The summed E-state index contributed by atoms with van der Waals surface area (Å²) in [7, 11) is -4.34. The normalized spacial score (nSPS) is 12.8. The molecule has 0 spiro atoms. The maximum absolute atomic E-state index is 15.0. The van der Waals surface area contributed by atoms with Crippen LogP contribution in [0.2, 0.25) is 0 Å². The number of rotatable bonds is 7. The maximum Gasteiger partial charge on any atom is 0.420 e. The van der Waals surface area contributed by atoms with Gasteiger partial charge in [-0.05, 0) is 31.4 Å². The van der Waals surface area contributed by atoms with Crippen LogP contribution in [0.25, 0.3) is 11.1 Å². The molecule has 0 aliphatic rings. The largest absolute Gasteiger partial charge is 0.420 e. The van der Waals surface area contributed by atoms with Crippen molar-refractivity contribution in [3.63, 3.8) is 0 Å². The van der Waals surface area contributed by atoms with Gasteiger partial charge in [0.15, 0.2) is 5.58 Å². The first kappa shape index (κ1) is 25.6. The van der Waals surface area contributed by atoms with Gasteiger partial charge in [-0.25, -0.2) is 22.6 Å². The Morgan fingerprint density at radius 2 is 2.00 bits per heavy atom. The minimum Gasteiger partial charge on any atom is -0.408 e. The van der Waals surface area contributed by atoms with Crippen molar-refractivity contribution in [2.75, 3.05) is 4.72 Å². The molecule has 2 N–H and O–H groups in total. The van der Waals surface area contributed by atoms with Crippen molar-refractivity contribution >= 4 is 37.8 Å². The average Bonchev–Trinajstić information content (AvgIpc) is 3.47. The highest BCUT2D eigenvalue weighted by Crippen LogP contribution is 2.29. The number of fused-ring (bicyclic) bond motifs is 1. The molecule has 0 bridgehead atoms. The Kier molecular flexibility index (Phi) is 6.99. The van der Waals surface area contributed by atoms with Crippen LogP contribution >= 0.6 is 11.5 Å². The van der Waals surface area contributed by atoms with E-state index in [0.29, 0.717) is 24.0 Å². The molecule has 188 valence electrons. The molecule has 4 aromatic rings. The number of aromatic nitrogens is 3. The molecule has 2 aromatic heterocycles. The van der Waals surface area contributed by atoms with Crippen LogP contribution in [0.4, 0.5) is 9.52 Å². The van der Waals surface area contributed by atoms with E-state index in [1.165, 1.54) is 4.57 Å². The number of anilines is 1. The molecule has 0 saturated carbocycles. The summed E-state index contributed by atoms with van der Waals surface area (Å²) in [6.45, 7) is 5.41. The molecule has 1 unspecified atom stereocenters. The zero-order valence-electron chi connectivity index (χ0n) is 19.6. The number of oxazole rings is 1. The van der Waals surface area contributed by atoms with Crippen LogP contribution in [0.15, 0.2) is 56.8 Å². The third-order valence-electron chi connectivity index (χ3n) is 5.94. The van der Waals surface area contributed by atoms with Crippen molar-refractivity contribution < 1.29 is 22.3 Å². The van der Waals surface area contributed by atoms with E-state index >= 15 is 4.39 Å². The fraction of sp³-hybridized carbons (Fsp3) is 0.292. The Bertz CT molecular complexity index is 1630. The van der Waals surface area contributed by atoms with Gasteiger partial charge in [0.05, 0.1) is 11.6 Å². The van der Waals surface area contributed by atoms with Gasteiger partial charge in [0.25, 0.3) is 10.0 Å². The van der Waals surface area contributed by atoms with Crippen LogP contribution in [0, 0.1) is 17.7 Å². The van der Waals surface area contributed by atoms with Crippen LogP contribution < -0.4 is 10.5 Å². The standard InChI is InChI=1S/C24H23FN4O5S2/c1-4-24(31,5-2)11-10-16-8-6-7-9-17(16)15(3)29-19-12-18(25)21(13-20(19)34-23(29)30)36(32,33)28-22-26-14-27-35-22/h6-9,12-15,31H,4-5H2,1-3H3,(H,26,27,28). The van der Waals surface area contributed by atoms with Gasteiger partial charge in [0.2, 0.25) is 5.13 Å². The first-order chi connectivity index (χ1) is 17.1. The number of aliphatic hydroxyl groups is 1. The number of benzene rings is 2. The van der Waals surface area contributed by atoms with Crippen molar-refractivity contribution in [1.82, 2.24) is 13.9 Å². The lowest BCUT2D eigenvalue weighted by atomic mass is 9.96. The summed E-state index contributed by atoms with van der Waals surface area (Å²) in [4.78, 5) is 15.9. The molecule has 4 rings (SSSR count). The molecule has 2 aromatic carbocycles. The van der Waals surface area contributed by atoms with Crippen molar-refractivity contribution in [3.05, 3.63) is 70.2 Å². The Hall–Kier alpha value is -3.53. The Balaban J connectivity index is 1.78. The molecule has 0 saturated heterocycles. The first-order valence-electron chi connectivity index (χ1n) is 11.1. The molecule has 0 amide bonds. The summed E-state index contributed by atoms with van der Waals surface area (Å²) in [5, 5.41) is 10.5. The van der Waals surface area contributed by atoms with Crippen LogP contribution in [0.3, 0.4) is 0 Å². The lowest BCUT2D eigenvalue weighted by Gasteiger charge is -2.18. The fourth-order valence-corrected chi connectivity index (χ4v) is 5.46. The molecule has 36 heavy (non-hydrogen) atoms. The number of nitrogens with one attached hydrogen (secondary N) is 1. The van der Waals surface area contributed by atoms with Crippen LogP contribution in [0.5, 0.6) is 0 Å². The lowest BCUT2D eigenvalue weighted by molar-refractivity contribution is 0.0931. The fourth-order valence-electron chi connectivity index (χ4n) is 3.72. The van der Waals surface area contributed by atoms with Gasteiger partial charge in [-0.15, -0.1) is 0 Å². The molecule has 2 heterocycles. The Morgan fingerprint density at radius 1 is 1.28 bits per heavy atom. The second kappa shape index (κ2) is 9.85. The molecule has 0 aliphatic heterocycles. The highest BCUT2D eigenvalue weighted by molar-refractivity contribution is 7.93. The highest BCUT2D eigenvalue weighted by Gasteiger charge is 2.26. The second-order valence-electron chi connectivity index (χ2n) is 8.09. The molecule has 1 atom stereocenters. The summed E-state index contributed by atoms with van der Waals surface area (Å²) in [6, 6.07) is 8.39. The number of halogens is 1. The summed E-state index contributed by atoms with van der Waals surface area (Å²) in [6.07, 6.45) is 2.08. The topological polar surface area (TPSA) is 127 Å². The van der Waals surface area contributed by atoms with E-state index in [9.17, 15) is 18.3 Å². The smallest absolute Gasteiger partial charge is 0.408 e. The van der Waals surface area contributed by atoms with Gasteiger partial charge in [-0.2, -0.15) is 4.37 Å². The number of sulfonamides is 1. The van der Waals surface area contributed by atoms with Crippen molar-refractivity contribution in [2.45, 2.75) is 50.2 Å². The molecule has 0 aliphatic carbocycles. The van der Waals surface area contributed by atoms with Crippen LogP contribution in [-0.2, 0) is 10.0 Å². The number of hydrogen-bond donors (Lipinski definition) is 2. The minimum absolute atomic E-state index is 0.0297. The van der Waals surface area contributed by atoms with Gasteiger partial charge in [-0.1, -0.05) is 43.9 Å². The molecule has 9 nitrogen and oxygen atoms in total. The van der Waals surface area contributed by atoms with Crippen LogP contribution in [0.1, 0.15) is 50.8 Å². The second-order valence-corrected chi connectivity index (χ2v) is 10.5. The number of nitrogens with zero attached hydrogens (tertiary/aromatic N) is 3. The highest BCUT2D eigenvalue weighted by atomic mass is 32.2. The minimum atomic E-state index is -4.34. The predicted molar refractivity (Wildman–Crippen MR) is 134 cm³/mol. The molecule has 0 radical (unpaired) electrons. The molecular weight excluding hydrogens is 507 g/mol. The maximum atomic E-state index is 15.0. The predicted octanol–water partition coefficient (Wildman–Crippen LogP) is 3.90. The summed E-state index contributed by atoms with van der Waals surface area (Å²) >= 11 is 0.793. The summed E-state index contributed by atoms with van der Waals surface area (Å²) < 4.78 is 52.8. The van der Waals surface area contributed by atoms with E-state index in [1.807, 2.05) is 13.8 Å². The van der Waals surface area contributed by atoms with Crippen molar-refractivity contribution in [3.8, 4) is 11.8 Å². The quantitative estimate of drug-likeness (QED) is 0.347. The third kappa shape index (κ3) is 4.90. The third-order valence-corrected chi connectivity index (χ3v) is 8.00. The monoisotopic (exact) mass is 530 g/mol. The Labute approximate surface area is 210 Å². The zero-order valence-corrected chi connectivity index (χ0v) is 21.3. The van der Waals surface area contributed by atoms with Gasteiger partial charge in [0, 0.05) is 29.2 Å². The van der Waals surface area contributed by atoms with Crippen molar-refractivity contribution in [1.29, 1.82) is 0 Å². The molecule has 12 heteroatoms. The van der Waals surface area contributed by atoms with E-state index in [2.05, 4.69) is 25.9 Å². The van der Waals surface area contributed by atoms with E-state index in [-0.39, 0.29) is 16.2 Å². The van der Waals surface area contributed by atoms with E-state index < -0.39 is 38.1 Å². The Morgan fingerprint density at radius 3 is 2.67 bits per heavy atom. The SMILES string of the molecule is CCC(O)(C#Cc1ccccc1C(C)n1c(=O)oc2cc(S(=O)(=O)Nc3ncns3)c(F)cc21)CC. The van der Waals surface area contributed by atoms with Crippen LogP contribution in [-0.4, -0.2) is 33.0 Å². The lowest BCUT2D eigenvalue weighted by Crippen LogP contribution is -2.24. The summed E-state index contributed by atoms with van der Waals surface area (Å²) in [5.74, 6) is 4.07. The molecule has 0 fully saturated rings. The van der Waals surface area contributed by atoms with Gasteiger partial charge in [-0.3, -0.25) is 9.29 Å². The average molecular weight is 531 g/mol. The molecular formula is C24H23FN4O5S2. The first-order valence-corrected chi connectivity index (χ1v) is 13.3. The van der Waals surface area contributed by atoms with Gasteiger partial charge >= 0.3 is 5.76 Å².